The summed E-state index contributed by atoms with van der Waals surface area (Å²) < 4.78 is 0. The monoisotopic (exact) mass is 182 g/mol. The van der Waals surface area contributed by atoms with Gasteiger partial charge in [-0.15, -0.1) is 0 Å². The minimum absolute atomic E-state index is 0.222. The number of carboxylic acid groups (broad SMARTS) is 1. The Morgan fingerprint density at radius 2 is 1.69 bits per heavy atom. The average Bonchev–Trinajstić information content (AvgIpc) is 2.11. The Hall–Kier alpha value is -1.51. The second kappa shape index (κ2) is 6.06. The SMILES string of the molecule is CCC(=O)O.Cc1ccc(O)cc1. The Labute approximate surface area is 77.6 Å². The van der Waals surface area contributed by atoms with Crippen molar-refractivity contribution >= 4 is 5.97 Å². The molecule has 0 aromatic heterocycles. The molecule has 3 nitrogen and oxygen atoms in total. The van der Waals surface area contributed by atoms with Crippen LogP contribution in [0.5, 0.6) is 5.75 Å². The van der Waals surface area contributed by atoms with Crippen LogP contribution < -0.4 is 0 Å². The standard InChI is InChI=1S/C7H8O.C3H6O2/c1-6-2-4-7(8)5-3-6;1-2-3(4)5/h2-5,8H,1H3;2H2,1H3,(H,4,5). The Bertz CT molecular complexity index is 230. The highest BCUT2D eigenvalue weighted by atomic mass is 16.4. The third-order valence-corrected chi connectivity index (χ3v) is 1.34. The molecular weight excluding hydrogens is 168 g/mol. The molecule has 0 aliphatic rings. The summed E-state index contributed by atoms with van der Waals surface area (Å²) in [5, 5.41) is 16.5. The van der Waals surface area contributed by atoms with Crippen LogP contribution in [0.15, 0.2) is 24.3 Å². The number of hydrogen-bond acceptors (Lipinski definition) is 2. The second-order valence-electron chi connectivity index (χ2n) is 2.58. The zero-order valence-corrected chi connectivity index (χ0v) is 7.82. The molecule has 72 valence electrons. The van der Waals surface area contributed by atoms with Gasteiger partial charge in [0.15, 0.2) is 0 Å². The van der Waals surface area contributed by atoms with Crippen LogP contribution in [-0.2, 0) is 4.79 Å². The molecule has 0 unspecified atom stereocenters. The molecule has 3 heteroatoms. The van der Waals surface area contributed by atoms with Gasteiger partial charge in [0.2, 0.25) is 0 Å². The fourth-order valence-corrected chi connectivity index (χ4v) is 0.545. The van der Waals surface area contributed by atoms with Gasteiger partial charge in [0, 0.05) is 6.42 Å². The molecule has 0 spiro atoms. The van der Waals surface area contributed by atoms with Crippen molar-refractivity contribution in [3.63, 3.8) is 0 Å². The van der Waals surface area contributed by atoms with E-state index in [0.717, 1.165) is 0 Å². The van der Waals surface area contributed by atoms with E-state index < -0.39 is 5.97 Å². The van der Waals surface area contributed by atoms with Gasteiger partial charge in [0.1, 0.15) is 5.75 Å². The predicted molar refractivity (Wildman–Crippen MR) is 50.8 cm³/mol. The fraction of sp³-hybridized carbons (Fsp3) is 0.300. The van der Waals surface area contributed by atoms with Gasteiger partial charge < -0.3 is 10.2 Å². The summed E-state index contributed by atoms with van der Waals surface area (Å²) in [6, 6.07) is 7.09. The Kier molecular flexibility index (Phi) is 5.35. The molecule has 0 heterocycles. The normalized spacial score (nSPS) is 8.46. The molecule has 0 saturated carbocycles. The van der Waals surface area contributed by atoms with Crippen LogP contribution in [0.1, 0.15) is 18.9 Å². The van der Waals surface area contributed by atoms with Crippen molar-refractivity contribution in [3.8, 4) is 5.75 Å². The van der Waals surface area contributed by atoms with E-state index >= 15 is 0 Å². The maximum Gasteiger partial charge on any atom is 0.303 e. The molecule has 1 aromatic rings. The number of benzene rings is 1. The summed E-state index contributed by atoms with van der Waals surface area (Å²) in [7, 11) is 0. The van der Waals surface area contributed by atoms with Gasteiger partial charge in [-0.1, -0.05) is 24.6 Å². The Balaban J connectivity index is 0.000000252. The summed E-state index contributed by atoms with van der Waals surface area (Å²) >= 11 is 0. The van der Waals surface area contributed by atoms with Gasteiger partial charge >= 0.3 is 5.97 Å². The first-order chi connectivity index (χ1) is 6.06. The van der Waals surface area contributed by atoms with E-state index in [9.17, 15) is 4.79 Å². The Morgan fingerprint density at radius 3 is 1.92 bits per heavy atom. The van der Waals surface area contributed by atoms with Crippen LogP contribution in [0.3, 0.4) is 0 Å². The van der Waals surface area contributed by atoms with E-state index in [2.05, 4.69) is 0 Å². The van der Waals surface area contributed by atoms with Gasteiger partial charge in [-0.05, 0) is 19.1 Å². The van der Waals surface area contributed by atoms with Crippen molar-refractivity contribution in [1.29, 1.82) is 0 Å². The van der Waals surface area contributed by atoms with E-state index in [-0.39, 0.29) is 6.42 Å². The number of hydrogen-bond donors (Lipinski definition) is 2. The number of phenols is 1. The highest BCUT2D eigenvalue weighted by molar-refractivity contribution is 5.66. The zero-order chi connectivity index (χ0) is 10.3. The largest absolute Gasteiger partial charge is 0.508 e. The van der Waals surface area contributed by atoms with E-state index in [4.69, 9.17) is 10.2 Å². The number of phenolic OH excluding ortho intramolecular Hbond substituents is 1. The average molecular weight is 182 g/mol. The van der Waals surface area contributed by atoms with Crippen LogP contribution in [0.2, 0.25) is 0 Å². The minimum atomic E-state index is -0.745. The highest BCUT2D eigenvalue weighted by Gasteiger charge is 1.82. The van der Waals surface area contributed by atoms with Gasteiger partial charge in [-0.2, -0.15) is 0 Å². The van der Waals surface area contributed by atoms with Crippen LogP contribution >= 0.6 is 0 Å². The van der Waals surface area contributed by atoms with Crippen LogP contribution in [0, 0.1) is 6.92 Å². The van der Waals surface area contributed by atoms with Crippen molar-refractivity contribution in [2.75, 3.05) is 0 Å². The van der Waals surface area contributed by atoms with Gasteiger partial charge in [0.25, 0.3) is 0 Å². The van der Waals surface area contributed by atoms with Gasteiger partial charge in [-0.25, -0.2) is 0 Å². The highest BCUT2D eigenvalue weighted by Crippen LogP contribution is 2.07. The van der Waals surface area contributed by atoms with E-state index in [1.807, 2.05) is 19.1 Å². The van der Waals surface area contributed by atoms with Gasteiger partial charge in [-0.3, -0.25) is 4.79 Å². The molecule has 0 saturated heterocycles. The second-order valence-corrected chi connectivity index (χ2v) is 2.58. The molecule has 0 radical (unpaired) electrons. The summed E-state index contributed by atoms with van der Waals surface area (Å²) in [4.78, 5) is 9.37. The number of carbonyl (C=O) groups is 1. The quantitative estimate of drug-likeness (QED) is 0.699. The smallest absolute Gasteiger partial charge is 0.303 e. The molecule has 13 heavy (non-hydrogen) atoms. The summed E-state index contributed by atoms with van der Waals surface area (Å²) in [6.45, 7) is 3.59. The summed E-state index contributed by atoms with van der Waals surface area (Å²) in [5.74, 6) is -0.416. The van der Waals surface area contributed by atoms with Gasteiger partial charge in [0.05, 0.1) is 0 Å². The molecule has 1 aromatic carbocycles. The third kappa shape index (κ3) is 6.87. The number of rotatable bonds is 1. The molecule has 0 amide bonds. The molecule has 0 aliphatic heterocycles. The lowest BCUT2D eigenvalue weighted by Crippen LogP contribution is -1.86. The maximum absolute atomic E-state index is 9.37. The molecular formula is C10H14O3. The molecule has 1 rings (SSSR count). The zero-order valence-electron chi connectivity index (χ0n) is 7.82. The molecule has 0 atom stereocenters. The third-order valence-electron chi connectivity index (χ3n) is 1.34. The number of aliphatic carboxylic acids is 1. The topological polar surface area (TPSA) is 57.5 Å². The fourth-order valence-electron chi connectivity index (χ4n) is 0.545. The summed E-state index contributed by atoms with van der Waals surface area (Å²) in [5.41, 5.74) is 1.17. The van der Waals surface area contributed by atoms with Crippen LogP contribution in [0.4, 0.5) is 0 Å². The molecule has 0 aliphatic carbocycles. The first-order valence-electron chi connectivity index (χ1n) is 4.03. The maximum atomic E-state index is 9.37. The van der Waals surface area contributed by atoms with Crippen molar-refractivity contribution in [1.82, 2.24) is 0 Å². The van der Waals surface area contributed by atoms with Crippen LogP contribution in [0.25, 0.3) is 0 Å². The minimum Gasteiger partial charge on any atom is -0.508 e. The lowest BCUT2D eigenvalue weighted by molar-refractivity contribution is -0.136. The molecule has 2 N–H and O–H groups in total. The molecule has 0 bridgehead atoms. The van der Waals surface area contributed by atoms with E-state index in [0.29, 0.717) is 5.75 Å². The van der Waals surface area contributed by atoms with Crippen molar-refractivity contribution in [2.24, 2.45) is 0 Å². The van der Waals surface area contributed by atoms with Crippen molar-refractivity contribution < 1.29 is 15.0 Å². The van der Waals surface area contributed by atoms with E-state index in [1.54, 1.807) is 19.1 Å². The number of aromatic hydroxyl groups is 1. The van der Waals surface area contributed by atoms with Crippen molar-refractivity contribution in [3.05, 3.63) is 29.8 Å². The lowest BCUT2D eigenvalue weighted by Gasteiger charge is -1.89. The number of carboxylic acids is 1. The van der Waals surface area contributed by atoms with Crippen LogP contribution in [-0.4, -0.2) is 16.2 Å². The predicted octanol–water partition coefficient (Wildman–Crippen LogP) is 2.18. The first kappa shape index (κ1) is 11.5. The summed E-state index contributed by atoms with van der Waals surface area (Å²) in [6.07, 6.45) is 0.222. The van der Waals surface area contributed by atoms with Crippen molar-refractivity contribution in [2.45, 2.75) is 20.3 Å². The van der Waals surface area contributed by atoms with E-state index in [1.165, 1.54) is 5.56 Å². The Morgan fingerprint density at radius 1 is 1.31 bits per heavy atom. The molecule has 0 fully saturated rings. The lowest BCUT2D eigenvalue weighted by atomic mass is 10.2. The number of aryl methyl sites for hydroxylation is 1. The first-order valence-corrected chi connectivity index (χ1v) is 4.03.